The molecule has 1 aromatic carbocycles. The second-order valence-electron chi connectivity index (χ2n) is 4.03. The van der Waals surface area contributed by atoms with Gasteiger partial charge in [-0.05, 0) is 24.6 Å². The topological polar surface area (TPSA) is 49.4 Å². The van der Waals surface area contributed by atoms with Gasteiger partial charge in [0, 0.05) is 19.2 Å². The second-order valence-corrected chi connectivity index (χ2v) is 4.03. The summed E-state index contributed by atoms with van der Waals surface area (Å²) in [5.74, 6) is -0.663. The van der Waals surface area contributed by atoms with Crippen LogP contribution in [0.2, 0.25) is 0 Å². The van der Waals surface area contributed by atoms with Crippen LogP contribution in [0.4, 0.5) is 10.1 Å². The summed E-state index contributed by atoms with van der Waals surface area (Å²) in [6.07, 6.45) is 1.44. The number of carbonyl (C=O) groups excluding carboxylic acids is 2. The van der Waals surface area contributed by atoms with Gasteiger partial charge in [-0.3, -0.25) is 9.59 Å². The molecular formula is C13H17FN2O2. The largest absolute Gasteiger partial charge is 0.363 e. The molecule has 98 valence electrons. The Bertz CT molecular complexity index is 435. The van der Waals surface area contributed by atoms with Gasteiger partial charge in [0.1, 0.15) is 12.1 Å². The van der Waals surface area contributed by atoms with Crippen LogP contribution in [0, 0.1) is 5.82 Å². The molecule has 0 aliphatic carbocycles. The minimum Gasteiger partial charge on any atom is -0.363 e. The number of aldehydes is 1. The molecule has 1 N–H and O–H groups in total. The van der Waals surface area contributed by atoms with Crippen molar-refractivity contribution in [1.29, 1.82) is 0 Å². The Kier molecular flexibility index (Phi) is 5.30. The van der Waals surface area contributed by atoms with Crippen LogP contribution in [-0.2, 0) is 4.79 Å². The normalized spacial score (nSPS) is 9.94. The minimum atomic E-state index is -0.509. The van der Waals surface area contributed by atoms with Crippen molar-refractivity contribution in [3.8, 4) is 0 Å². The van der Waals surface area contributed by atoms with Crippen LogP contribution < -0.4 is 10.2 Å². The highest BCUT2D eigenvalue weighted by atomic mass is 19.1. The van der Waals surface area contributed by atoms with Crippen molar-refractivity contribution in [3.63, 3.8) is 0 Å². The maximum absolute atomic E-state index is 13.7. The molecule has 4 nitrogen and oxygen atoms in total. The van der Waals surface area contributed by atoms with Gasteiger partial charge in [-0.2, -0.15) is 0 Å². The van der Waals surface area contributed by atoms with E-state index < -0.39 is 5.82 Å². The number of hydrogen-bond donors (Lipinski definition) is 1. The van der Waals surface area contributed by atoms with Crippen molar-refractivity contribution in [3.05, 3.63) is 29.6 Å². The van der Waals surface area contributed by atoms with E-state index in [1.54, 1.807) is 7.05 Å². The lowest BCUT2D eigenvalue weighted by Crippen LogP contribution is -2.35. The van der Waals surface area contributed by atoms with Crippen molar-refractivity contribution < 1.29 is 14.0 Å². The molecule has 0 fully saturated rings. The van der Waals surface area contributed by atoms with E-state index in [1.807, 2.05) is 6.92 Å². The number of halogens is 1. The van der Waals surface area contributed by atoms with E-state index >= 15 is 0 Å². The van der Waals surface area contributed by atoms with Crippen LogP contribution in [0.25, 0.3) is 0 Å². The smallest absolute Gasteiger partial charge is 0.239 e. The van der Waals surface area contributed by atoms with Gasteiger partial charge in [-0.15, -0.1) is 0 Å². The standard InChI is InChI=1S/C13H17FN2O2/c1-3-6-15-13(18)8-16(2)12-5-4-10(9-17)7-11(12)14/h4-5,7,9H,3,6,8H2,1-2H3,(H,15,18). The highest BCUT2D eigenvalue weighted by Crippen LogP contribution is 2.18. The van der Waals surface area contributed by atoms with Crippen molar-refractivity contribution in [2.24, 2.45) is 0 Å². The van der Waals surface area contributed by atoms with Gasteiger partial charge in [0.05, 0.1) is 12.2 Å². The van der Waals surface area contributed by atoms with Gasteiger partial charge >= 0.3 is 0 Å². The Balaban J connectivity index is 2.69. The Morgan fingerprint density at radius 2 is 2.22 bits per heavy atom. The third-order valence-electron chi connectivity index (χ3n) is 2.47. The highest BCUT2D eigenvalue weighted by Gasteiger charge is 2.11. The van der Waals surface area contributed by atoms with Gasteiger partial charge in [-0.25, -0.2) is 4.39 Å². The highest BCUT2D eigenvalue weighted by molar-refractivity contribution is 5.81. The number of hydrogen-bond acceptors (Lipinski definition) is 3. The molecule has 1 rings (SSSR count). The van der Waals surface area contributed by atoms with E-state index in [-0.39, 0.29) is 18.0 Å². The molecule has 0 spiro atoms. The van der Waals surface area contributed by atoms with Crippen molar-refractivity contribution in [2.45, 2.75) is 13.3 Å². The lowest BCUT2D eigenvalue weighted by molar-refractivity contribution is -0.119. The maximum Gasteiger partial charge on any atom is 0.239 e. The minimum absolute atomic E-state index is 0.0807. The first-order chi connectivity index (χ1) is 8.58. The van der Waals surface area contributed by atoms with E-state index in [4.69, 9.17) is 0 Å². The first kappa shape index (κ1) is 14.2. The number of rotatable bonds is 6. The summed E-state index contributed by atoms with van der Waals surface area (Å²) in [5, 5.41) is 2.72. The van der Waals surface area contributed by atoms with Crippen LogP contribution in [0.1, 0.15) is 23.7 Å². The van der Waals surface area contributed by atoms with Crippen molar-refractivity contribution in [1.82, 2.24) is 5.32 Å². The Labute approximate surface area is 106 Å². The zero-order valence-corrected chi connectivity index (χ0v) is 10.6. The predicted molar refractivity (Wildman–Crippen MR) is 68.4 cm³/mol. The molecule has 0 aliphatic heterocycles. The number of nitrogens with one attached hydrogen (secondary N) is 1. The summed E-state index contributed by atoms with van der Waals surface area (Å²) in [6.45, 7) is 2.65. The van der Waals surface area contributed by atoms with Crippen LogP contribution in [-0.4, -0.2) is 32.3 Å². The number of anilines is 1. The Hall–Kier alpha value is -1.91. The fourth-order valence-electron chi connectivity index (χ4n) is 1.53. The fourth-order valence-corrected chi connectivity index (χ4v) is 1.53. The Morgan fingerprint density at radius 3 is 2.78 bits per heavy atom. The SMILES string of the molecule is CCCNC(=O)CN(C)c1ccc(C=O)cc1F. The zero-order chi connectivity index (χ0) is 13.5. The number of amides is 1. The van der Waals surface area contributed by atoms with Crippen LogP contribution in [0.5, 0.6) is 0 Å². The van der Waals surface area contributed by atoms with E-state index in [1.165, 1.54) is 17.0 Å². The number of carbonyl (C=O) groups is 2. The van der Waals surface area contributed by atoms with Gasteiger partial charge in [0.25, 0.3) is 0 Å². The maximum atomic E-state index is 13.7. The zero-order valence-electron chi connectivity index (χ0n) is 10.6. The summed E-state index contributed by atoms with van der Waals surface area (Å²) in [7, 11) is 1.63. The molecule has 0 radical (unpaired) electrons. The molecule has 1 aromatic rings. The first-order valence-corrected chi connectivity index (χ1v) is 5.81. The van der Waals surface area contributed by atoms with Gasteiger partial charge in [0.2, 0.25) is 5.91 Å². The molecule has 0 atom stereocenters. The van der Waals surface area contributed by atoms with Crippen molar-refractivity contribution >= 4 is 17.9 Å². The van der Waals surface area contributed by atoms with E-state index in [0.717, 1.165) is 12.5 Å². The summed E-state index contributed by atoms with van der Waals surface area (Å²) in [4.78, 5) is 23.5. The third kappa shape index (κ3) is 3.84. The summed E-state index contributed by atoms with van der Waals surface area (Å²) < 4.78 is 13.7. The monoisotopic (exact) mass is 252 g/mol. The van der Waals surface area contributed by atoms with Gasteiger partial charge < -0.3 is 10.2 Å². The van der Waals surface area contributed by atoms with E-state index in [9.17, 15) is 14.0 Å². The molecule has 0 unspecified atom stereocenters. The molecule has 0 bridgehead atoms. The second kappa shape index (κ2) is 6.74. The molecule has 0 heterocycles. The van der Waals surface area contributed by atoms with Gasteiger partial charge in [-0.1, -0.05) is 6.92 Å². The van der Waals surface area contributed by atoms with E-state index in [2.05, 4.69) is 5.32 Å². The summed E-state index contributed by atoms with van der Waals surface area (Å²) in [6, 6.07) is 4.17. The Morgan fingerprint density at radius 1 is 1.50 bits per heavy atom. The summed E-state index contributed by atoms with van der Waals surface area (Å²) in [5.41, 5.74) is 0.576. The van der Waals surface area contributed by atoms with E-state index in [0.29, 0.717) is 18.5 Å². The lowest BCUT2D eigenvalue weighted by atomic mass is 10.2. The number of likely N-dealkylation sites (N-methyl/N-ethyl adjacent to an activating group) is 1. The van der Waals surface area contributed by atoms with Crippen LogP contribution in [0.3, 0.4) is 0 Å². The molecule has 0 saturated carbocycles. The van der Waals surface area contributed by atoms with Crippen molar-refractivity contribution in [2.75, 3.05) is 25.0 Å². The molecule has 0 saturated heterocycles. The lowest BCUT2D eigenvalue weighted by Gasteiger charge is -2.19. The molecule has 0 aromatic heterocycles. The average molecular weight is 252 g/mol. The van der Waals surface area contributed by atoms with Crippen LogP contribution >= 0.6 is 0 Å². The predicted octanol–water partition coefficient (Wildman–Crippen LogP) is 1.60. The first-order valence-electron chi connectivity index (χ1n) is 5.81. The quantitative estimate of drug-likeness (QED) is 0.782. The molecular weight excluding hydrogens is 235 g/mol. The molecule has 0 aliphatic rings. The number of nitrogens with zero attached hydrogens (tertiary/aromatic N) is 1. The molecule has 5 heteroatoms. The van der Waals surface area contributed by atoms with Gasteiger partial charge in [0.15, 0.2) is 0 Å². The average Bonchev–Trinajstić information content (AvgIpc) is 2.35. The van der Waals surface area contributed by atoms with Crippen LogP contribution in [0.15, 0.2) is 18.2 Å². The number of benzene rings is 1. The molecule has 1 amide bonds. The molecule has 18 heavy (non-hydrogen) atoms. The fraction of sp³-hybridized carbons (Fsp3) is 0.385. The third-order valence-corrected chi connectivity index (χ3v) is 2.47. The summed E-state index contributed by atoms with van der Waals surface area (Å²) >= 11 is 0.